The van der Waals surface area contributed by atoms with Crippen molar-refractivity contribution < 1.29 is 9.53 Å². The molecule has 122 valence electrons. The Bertz CT molecular complexity index is 728. The van der Waals surface area contributed by atoms with Crippen LogP contribution >= 0.6 is 0 Å². The predicted octanol–water partition coefficient (Wildman–Crippen LogP) is 1.08. The van der Waals surface area contributed by atoms with Crippen LogP contribution in [0.4, 0.5) is 29.1 Å². The van der Waals surface area contributed by atoms with E-state index in [0.29, 0.717) is 17.3 Å². The van der Waals surface area contributed by atoms with Crippen molar-refractivity contribution in [2.45, 2.75) is 0 Å². The average Bonchev–Trinajstić information content (AvgIpc) is 2.92. The van der Waals surface area contributed by atoms with Crippen molar-refractivity contribution in [3.8, 4) is 0 Å². The fraction of sp³-hybridized carbons (Fsp3) is 0.333. The zero-order valence-electron chi connectivity index (χ0n) is 13.2. The standard InChI is InChI=1S/C12H17N9O2/c1-14-8-7(9(15-2)18-12(13)17-8)19-20-10-6(11(22)23-4)5-16-21(10)3/h5H,1-4H3,(H4,13,14,15,17,18)/b20-19+. The maximum Gasteiger partial charge on any atom is 0.343 e. The Kier molecular flexibility index (Phi) is 4.69. The van der Waals surface area contributed by atoms with Crippen LogP contribution in [0.1, 0.15) is 10.4 Å². The van der Waals surface area contributed by atoms with E-state index in [1.54, 1.807) is 21.1 Å². The second-order valence-electron chi connectivity index (χ2n) is 4.32. The first-order valence-corrected chi connectivity index (χ1v) is 6.56. The van der Waals surface area contributed by atoms with Crippen molar-refractivity contribution in [3.05, 3.63) is 11.8 Å². The molecule has 0 aliphatic heterocycles. The van der Waals surface area contributed by atoms with Gasteiger partial charge in [0.2, 0.25) is 5.95 Å². The predicted molar refractivity (Wildman–Crippen MR) is 84.3 cm³/mol. The molecule has 2 heterocycles. The highest BCUT2D eigenvalue weighted by Crippen LogP contribution is 2.33. The van der Waals surface area contributed by atoms with Gasteiger partial charge in [-0.05, 0) is 0 Å². The van der Waals surface area contributed by atoms with Crippen molar-refractivity contribution in [3.63, 3.8) is 0 Å². The maximum atomic E-state index is 11.7. The van der Waals surface area contributed by atoms with Gasteiger partial charge in [-0.3, -0.25) is 0 Å². The van der Waals surface area contributed by atoms with Gasteiger partial charge in [0.1, 0.15) is 5.56 Å². The summed E-state index contributed by atoms with van der Waals surface area (Å²) in [5, 5.41) is 17.9. The Hall–Kier alpha value is -3.24. The van der Waals surface area contributed by atoms with Gasteiger partial charge in [-0.2, -0.15) is 15.1 Å². The molecule has 2 rings (SSSR count). The fourth-order valence-corrected chi connectivity index (χ4v) is 1.82. The van der Waals surface area contributed by atoms with Gasteiger partial charge in [-0.25, -0.2) is 9.48 Å². The minimum atomic E-state index is -0.553. The molecule has 0 saturated heterocycles. The van der Waals surface area contributed by atoms with Gasteiger partial charge in [-0.1, -0.05) is 0 Å². The van der Waals surface area contributed by atoms with Crippen molar-refractivity contribution >= 4 is 35.1 Å². The molecule has 0 saturated carbocycles. The lowest BCUT2D eigenvalue weighted by atomic mass is 10.3. The monoisotopic (exact) mass is 319 g/mol. The molecule has 0 fully saturated rings. The normalized spacial score (nSPS) is 10.8. The Morgan fingerprint density at radius 2 is 1.87 bits per heavy atom. The van der Waals surface area contributed by atoms with Gasteiger partial charge < -0.3 is 21.1 Å². The molecule has 11 heteroatoms. The lowest BCUT2D eigenvalue weighted by molar-refractivity contribution is 0.0601. The molecule has 23 heavy (non-hydrogen) atoms. The lowest BCUT2D eigenvalue weighted by Gasteiger charge is -2.08. The minimum absolute atomic E-state index is 0.0911. The molecule has 4 N–H and O–H groups in total. The summed E-state index contributed by atoms with van der Waals surface area (Å²) in [5.74, 6) is 0.578. The number of carbonyl (C=O) groups is 1. The van der Waals surface area contributed by atoms with Gasteiger partial charge in [-0.15, -0.1) is 10.2 Å². The number of carbonyl (C=O) groups excluding carboxylic acids is 1. The number of hydrogen-bond acceptors (Lipinski definition) is 10. The summed E-state index contributed by atoms with van der Waals surface area (Å²) in [5.41, 5.74) is 6.18. The van der Waals surface area contributed by atoms with E-state index in [-0.39, 0.29) is 17.3 Å². The third-order valence-electron chi connectivity index (χ3n) is 2.93. The van der Waals surface area contributed by atoms with Crippen LogP contribution in [0.5, 0.6) is 0 Å². The molecule has 0 aliphatic rings. The summed E-state index contributed by atoms with van der Waals surface area (Å²) in [6.07, 6.45) is 1.36. The first-order valence-electron chi connectivity index (χ1n) is 6.56. The largest absolute Gasteiger partial charge is 0.465 e. The third-order valence-corrected chi connectivity index (χ3v) is 2.93. The van der Waals surface area contributed by atoms with Crippen LogP contribution in [-0.4, -0.2) is 46.9 Å². The Balaban J connectivity index is 2.49. The molecule has 0 atom stereocenters. The first-order chi connectivity index (χ1) is 11.0. The number of azo groups is 1. The van der Waals surface area contributed by atoms with E-state index >= 15 is 0 Å². The van der Waals surface area contributed by atoms with Crippen molar-refractivity contribution in [2.75, 3.05) is 37.6 Å². The van der Waals surface area contributed by atoms with Gasteiger partial charge in [0, 0.05) is 21.1 Å². The second-order valence-corrected chi connectivity index (χ2v) is 4.32. The minimum Gasteiger partial charge on any atom is -0.465 e. The number of aryl methyl sites for hydroxylation is 1. The van der Waals surface area contributed by atoms with Gasteiger partial charge >= 0.3 is 5.97 Å². The van der Waals surface area contributed by atoms with E-state index in [1.807, 2.05) is 0 Å². The molecular weight excluding hydrogens is 302 g/mol. The van der Waals surface area contributed by atoms with Crippen LogP contribution in [0.3, 0.4) is 0 Å². The van der Waals surface area contributed by atoms with E-state index in [1.165, 1.54) is 18.0 Å². The van der Waals surface area contributed by atoms with Crippen molar-refractivity contribution in [1.82, 2.24) is 19.7 Å². The fourth-order valence-electron chi connectivity index (χ4n) is 1.82. The van der Waals surface area contributed by atoms with Crippen molar-refractivity contribution in [1.29, 1.82) is 0 Å². The van der Waals surface area contributed by atoms with E-state index in [2.05, 4.69) is 40.7 Å². The molecular formula is C12H17N9O2. The summed E-state index contributed by atoms with van der Waals surface area (Å²) in [4.78, 5) is 19.8. The number of rotatable bonds is 5. The smallest absolute Gasteiger partial charge is 0.343 e. The summed E-state index contributed by atoms with van der Waals surface area (Å²) in [6.45, 7) is 0. The van der Waals surface area contributed by atoms with Crippen LogP contribution in [-0.2, 0) is 11.8 Å². The quantitative estimate of drug-likeness (QED) is 0.548. The number of methoxy groups -OCH3 is 1. The first kappa shape index (κ1) is 16.1. The number of nitrogens with two attached hydrogens (primary N) is 1. The zero-order valence-corrected chi connectivity index (χ0v) is 13.2. The molecule has 11 nitrogen and oxygen atoms in total. The molecule has 0 amide bonds. The molecule has 0 aromatic carbocycles. The average molecular weight is 319 g/mol. The molecule has 0 spiro atoms. The van der Waals surface area contributed by atoms with Crippen LogP contribution in [0.15, 0.2) is 16.4 Å². The summed E-state index contributed by atoms with van der Waals surface area (Å²) in [6, 6.07) is 0. The maximum absolute atomic E-state index is 11.7. The molecule has 0 aliphatic carbocycles. The van der Waals surface area contributed by atoms with Crippen LogP contribution in [0.25, 0.3) is 0 Å². The topological polar surface area (TPSA) is 145 Å². The number of hydrogen-bond donors (Lipinski definition) is 3. The van der Waals surface area contributed by atoms with E-state index in [0.717, 1.165) is 0 Å². The molecule has 0 unspecified atom stereocenters. The van der Waals surface area contributed by atoms with Gasteiger partial charge in [0.15, 0.2) is 23.1 Å². The highest BCUT2D eigenvalue weighted by Gasteiger charge is 2.17. The molecule has 2 aromatic rings. The Morgan fingerprint density at radius 1 is 1.26 bits per heavy atom. The number of anilines is 3. The highest BCUT2D eigenvalue weighted by atomic mass is 16.5. The van der Waals surface area contributed by atoms with Crippen LogP contribution in [0.2, 0.25) is 0 Å². The highest BCUT2D eigenvalue weighted by molar-refractivity contribution is 5.93. The SMILES string of the molecule is CNc1nc(N)nc(NC)c1/N=N/c1c(C(=O)OC)cnn1C. The van der Waals surface area contributed by atoms with E-state index in [9.17, 15) is 4.79 Å². The third kappa shape index (κ3) is 3.17. The Morgan fingerprint density at radius 3 is 2.39 bits per heavy atom. The number of nitrogen functional groups attached to an aromatic ring is 1. The van der Waals surface area contributed by atoms with Gasteiger partial charge in [0.05, 0.1) is 13.3 Å². The second kappa shape index (κ2) is 6.68. The van der Waals surface area contributed by atoms with E-state index in [4.69, 9.17) is 5.73 Å². The molecule has 0 radical (unpaired) electrons. The summed E-state index contributed by atoms with van der Waals surface area (Å²) < 4.78 is 6.10. The molecule has 0 bridgehead atoms. The number of esters is 1. The Labute approximate surface area is 132 Å². The van der Waals surface area contributed by atoms with E-state index < -0.39 is 5.97 Å². The zero-order chi connectivity index (χ0) is 17.0. The van der Waals surface area contributed by atoms with Crippen LogP contribution < -0.4 is 16.4 Å². The number of aromatic nitrogens is 4. The number of nitrogens with zero attached hydrogens (tertiary/aromatic N) is 6. The van der Waals surface area contributed by atoms with Crippen LogP contribution in [0, 0.1) is 0 Å². The number of ether oxygens (including phenoxy) is 1. The number of nitrogens with one attached hydrogen (secondary N) is 2. The lowest BCUT2D eigenvalue weighted by Crippen LogP contribution is -2.04. The summed E-state index contributed by atoms with van der Waals surface area (Å²) in [7, 11) is 6.26. The van der Waals surface area contributed by atoms with Gasteiger partial charge in [0.25, 0.3) is 0 Å². The van der Waals surface area contributed by atoms with Crippen molar-refractivity contribution in [2.24, 2.45) is 17.3 Å². The molecule has 2 aromatic heterocycles. The summed E-state index contributed by atoms with van der Waals surface area (Å²) >= 11 is 0.